The molecule has 3 heterocycles. The van der Waals surface area contributed by atoms with E-state index in [1.165, 1.54) is 6.07 Å². The molecular formula is C33H41FN4O4. The normalized spacial score (nSPS) is 25.7. The summed E-state index contributed by atoms with van der Waals surface area (Å²) in [6.07, 6.45) is 7.87. The zero-order valence-corrected chi connectivity index (χ0v) is 24.2. The fraction of sp³-hybridized carbons (Fsp3) is 0.485. The van der Waals surface area contributed by atoms with Gasteiger partial charge in [0.25, 0.3) is 0 Å². The maximum Gasteiger partial charge on any atom is 0.243 e. The summed E-state index contributed by atoms with van der Waals surface area (Å²) in [6.45, 7) is 4.15. The summed E-state index contributed by atoms with van der Waals surface area (Å²) in [7, 11) is 0. The highest BCUT2D eigenvalue weighted by atomic mass is 19.1. The molecule has 3 N–H and O–H groups in total. The third-order valence-corrected chi connectivity index (χ3v) is 9.00. The summed E-state index contributed by atoms with van der Waals surface area (Å²) in [5, 5.41) is 9.24. The van der Waals surface area contributed by atoms with Gasteiger partial charge in [-0.3, -0.25) is 19.3 Å². The van der Waals surface area contributed by atoms with Crippen molar-refractivity contribution in [1.29, 1.82) is 0 Å². The van der Waals surface area contributed by atoms with Gasteiger partial charge in [-0.25, -0.2) is 4.39 Å². The average Bonchev–Trinajstić information content (AvgIpc) is 2.99. The molecule has 8 nitrogen and oxygen atoms in total. The van der Waals surface area contributed by atoms with Crippen molar-refractivity contribution < 1.29 is 23.5 Å². The second-order valence-electron chi connectivity index (χ2n) is 11.9. The Morgan fingerprint density at radius 2 is 1.86 bits per heavy atom. The standard InChI is InChI=1S/C33H41FN4O4/c1-23-26(34)11-7-12-27(23)35-30(39)22-38-17-13-28-25(21-38)10-5-6-14-33(15-18-42-19-16-33)32(41)37-29(31(40)36-28)20-24-8-3-2-4-9-24/h2-9,11-12,25,28-29H,10,13-22H2,1H3,(H,35,39)(H,36,40)(H,37,41)/b6-5+/t25-,28+,29-/m1/s1. The summed E-state index contributed by atoms with van der Waals surface area (Å²) >= 11 is 0. The molecule has 3 atom stereocenters. The molecule has 1 spiro atoms. The number of halogens is 1. The number of allylic oxidation sites excluding steroid dienone is 2. The number of carbonyl (C=O) groups excluding carboxylic acids is 3. The van der Waals surface area contributed by atoms with Crippen LogP contribution in [0.1, 0.15) is 43.2 Å². The smallest absolute Gasteiger partial charge is 0.243 e. The maximum atomic E-state index is 13.9. The molecular weight excluding hydrogens is 535 g/mol. The van der Waals surface area contributed by atoms with E-state index < -0.39 is 11.5 Å². The topological polar surface area (TPSA) is 99.8 Å². The number of nitrogens with zero attached hydrogens (tertiary/aromatic N) is 1. The molecule has 3 amide bonds. The lowest BCUT2D eigenvalue weighted by atomic mass is 9.75. The first kappa shape index (κ1) is 29.9. The lowest BCUT2D eigenvalue weighted by Gasteiger charge is -2.40. The van der Waals surface area contributed by atoms with Crippen LogP contribution in [0.25, 0.3) is 0 Å². The Balaban J connectivity index is 1.31. The first-order chi connectivity index (χ1) is 20.3. The van der Waals surface area contributed by atoms with Crippen molar-refractivity contribution in [3.63, 3.8) is 0 Å². The molecule has 2 saturated heterocycles. The summed E-state index contributed by atoms with van der Waals surface area (Å²) in [6, 6.07) is 13.6. The molecule has 3 aliphatic rings. The lowest BCUT2D eigenvalue weighted by Crippen LogP contribution is -2.58. The monoisotopic (exact) mass is 576 g/mol. The number of carbonyl (C=O) groups is 3. The van der Waals surface area contributed by atoms with E-state index in [-0.39, 0.29) is 42.0 Å². The molecule has 0 unspecified atom stereocenters. The largest absolute Gasteiger partial charge is 0.381 e. The lowest BCUT2D eigenvalue weighted by molar-refractivity contribution is -0.140. The number of likely N-dealkylation sites (tertiary alicyclic amines) is 1. The molecule has 0 aromatic heterocycles. The minimum absolute atomic E-state index is 0.0847. The Hall–Kier alpha value is -3.56. The van der Waals surface area contributed by atoms with E-state index in [1.807, 2.05) is 30.3 Å². The van der Waals surface area contributed by atoms with Gasteiger partial charge in [-0.1, -0.05) is 48.6 Å². The van der Waals surface area contributed by atoms with Crippen LogP contribution < -0.4 is 16.0 Å². The van der Waals surface area contributed by atoms with Crippen LogP contribution in [0.3, 0.4) is 0 Å². The predicted octanol–water partition coefficient (Wildman–Crippen LogP) is 3.75. The van der Waals surface area contributed by atoms with Gasteiger partial charge in [-0.2, -0.15) is 0 Å². The van der Waals surface area contributed by atoms with Gasteiger partial charge >= 0.3 is 0 Å². The van der Waals surface area contributed by atoms with Gasteiger partial charge in [0.15, 0.2) is 0 Å². The minimum atomic E-state index is -0.693. The van der Waals surface area contributed by atoms with Crippen LogP contribution in [-0.4, -0.2) is 67.6 Å². The molecule has 0 aliphatic carbocycles. The highest BCUT2D eigenvalue weighted by Gasteiger charge is 2.41. The van der Waals surface area contributed by atoms with Crippen molar-refractivity contribution in [2.24, 2.45) is 11.3 Å². The van der Waals surface area contributed by atoms with E-state index in [4.69, 9.17) is 4.74 Å². The molecule has 2 aromatic carbocycles. The van der Waals surface area contributed by atoms with Crippen LogP contribution >= 0.6 is 0 Å². The van der Waals surface area contributed by atoms with Gasteiger partial charge < -0.3 is 20.7 Å². The Morgan fingerprint density at radius 3 is 2.64 bits per heavy atom. The van der Waals surface area contributed by atoms with Crippen LogP contribution in [0.5, 0.6) is 0 Å². The van der Waals surface area contributed by atoms with Gasteiger partial charge in [0.2, 0.25) is 17.7 Å². The van der Waals surface area contributed by atoms with E-state index >= 15 is 0 Å². The molecule has 2 fully saturated rings. The molecule has 2 aromatic rings. The molecule has 0 bridgehead atoms. The van der Waals surface area contributed by atoms with Gasteiger partial charge in [0.1, 0.15) is 11.9 Å². The summed E-state index contributed by atoms with van der Waals surface area (Å²) < 4.78 is 19.5. The summed E-state index contributed by atoms with van der Waals surface area (Å²) in [4.78, 5) is 42.4. The van der Waals surface area contributed by atoms with Gasteiger partial charge in [0.05, 0.1) is 12.0 Å². The molecule has 9 heteroatoms. The van der Waals surface area contributed by atoms with Crippen LogP contribution in [0.2, 0.25) is 0 Å². The van der Waals surface area contributed by atoms with E-state index in [0.29, 0.717) is 69.7 Å². The van der Waals surface area contributed by atoms with Crippen molar-refractivity contribution >= 4 is 23.4 Å². The Kier molecular flexibility index (Phi) is 9.69. The summed E-state index contributed by atoms with van der Waals surface area (Å²) in [5.41, 5.74) is 1.27. The number of piperidine rings is 1. The third-order valence-electron chi connectivity index (χ3n) is 9.00. The quantitative estimate of drug-likeness (QED) is 0.471. The molecule has 3 aliphatic heterocycles. The van der Waals surface area contributed by atoms with Gasteiger partial charge in [-0.15, -0.1) is 0 Å². The Morgan fingerprint density at radius 1 is 1.07 bits per heavy atom. The van der Waals surface area contributed by atoms with Crippen LogP contribution in [-0.2, 0) is 25.5 Å². The average molecular weight is 577 g/mol. The third kappa shape index (κ3) is 7.25. The van der Waals surface area contributed by atoms with Crippen molar-refractivity contribution in [2.45, 2.75) is 57.5 Å². The predicted molar refractivity (Wildman–Crippen MR) is 159 cm³/mol. The van der Waals surface area contributed by atoms with Crippen LogP contribution in [0.15, 0.2) is 60.7 Å². The zero-order valence-electron chi connectivity index (χ0n) is 24.2. The number of nitrogens with one attached hydrogen (secondary N) is 3. The maximum absolute atomic E-state index is 13.9. The molecule has 0 saturated carbocycles. The van der Waals surface area contributed by atoms with Crippen molar-refractivity contribution in [3.8, 4) is 0 Å². The van der Waals surface area contributed by atoms with Crippen molar-refractivity contribution in [1.82, 2.24) is 15.5 Å². The zero-order chi connectivity index (χ0) is 29.5. The van der Waals surface area contributed by atoms with Gasteiger partial charge in [-0.05, 0) is 62.6 Å². The summed E-state index contributed by atoms with van der Waals surface area (Å²) in [5.74, 6) is -0.712. The molecule has 0 radical (unpaired) electrons. The van der Waals surface area contributed by atoms with E-state index in [1.54, 1.807) is 19.1 Å². The molecule has 42 heavy (non-hydrogen) atoms. The second kappa shape index (κ2) is 13.6. The van der Waals surface area contributed by atoms with E-state index in [0.717, 1.165) is 12.0 Å². The highest BCUT2D eigenvalue weighted by molar-refractivity contribution is 5.93. The number of amides is 3. The molecule has 5 rings (SSSR count). The van der Waals surface area contributed by atoms with E-state index in [2.05, 4.69) is 33.0 Å². The number of benzene rings is 2. The fourth-order valence-electron chi connectivity index (χ4n) is 6.34. The number of hydrogen-bond acceptors (Lipinski definition) is 5. The number of ether oxygens (including phenoxy) is 1. The van der Waals surface area contributed by atoms with Crippen molar-refractivity contribution in [3.05, 3.63) is 77.6 Å². The minimum Gasteiger partial charge on any atom is -0.381 e. The second-order valence-corrected chi connectivity index (χ2v) is 11.9. The number of rotatable bonds is 5. The van der Waals surface area contributed by atoms with Crippen molar-refractivity contribution in [2.75, 3.05) is 38.2 Å². The fourth-order valence-corrected chi connectivity index (χ4v) is 6.34. The van der Waals surface area contributed by atoms with E-state index in [9.17, 15) is 18.8 Å². The number of anilines is 1. The van der Waals surface area contributed by atoms with Gasteiger partial charge in [0, 0.05) is 50.0 Å². The van der Waals surface area contributed by atoms with Crippen LogP contribution in [0.4, 0.5) is 10.1 Å². The van der Waals surface area contributed by atoms with Crippen LogP contribution in [0, 0.1) is 24.1 Å². The Bertz CT molecular complexity index is 1290. The first-order valence-electron chi connectivity index (χ1n) is 15.0. The molecule has 224 valence electrons. The SMILES string of the molecule is Cc1c(F)cccc1NC(=O)CN1CC[C@@H]2NC(=O)[C@@H](Cc3ccccc3)NC(=O)C3(C/C=C/C[C@@H]2C1)CCOCC3. The number of hydrogen-bond donors (Lipinski definition) is 3. The highest BCUT2D eigenvalue weighted by Crippen LogP contribution is 2.36. The first-order valence-corrected chi connectivity index (χ1v) is 15.0. The number of fused-ring (bicyclic) bond motifs is 1. The Labute approximate surface area is 247 Å².